The van der Waals surface area contributed by atoms with Gasteiger partial charge < -0.3 is 24.8 Å². The minimum Gasteiger partial charge on any atom is -0.468 e. The molecule has 42 heavy (non-hydrogen) atoms. The van der Waals surface area contributed by atoms with Crippen LogP contribution in [-0.4, -0.2) is 105 Å². The maximum Gasteiger partial charge on any atom is 0.181 e. The summed E-state index contributed by atoms with van der Waals surface area (Å²) in [5, 5.41) is 7.51. The molecule has 11 heteroatoms. The SMILES string of the molecule is C=NNC(=C\CN/C(=C/C(=N\COc1ccc2[nH]c(C)cc2c1F)N1CCN(CCN(C)CCC)CC1)N=C)/C=C/C. The van der Waals surface area contributed by atoms with Gasteiger partial charge in [0.2, 0.25) is 0 Å². The number of likely N-dealkylation sites (N-methyl/N-ethyl adjacent to an activating group) is 1. The summed E-state index contributed by atoms with van der Waals surface area (Å²) >= 11 is 0. The molecule has 0 spiro atoms. The number of aromatic amines is 1. The summed E-state index contributed by atoms with van der Waals surface area (Å²) in [5.74, 6) is 1.04. The summed E-state index contributed by atoms with van der Waals surface area (Å²) in [6.07, 6.45) is 8.76. The number of rotatable bonds is 16. The van der Waals surface area contributed by atoms with Gasteiger partial charge in [-0.2, -0.15) is 5.10 Å². The van der Waals surface area contributed by atoms with Crippen molar-refractivity contribution in [3.8, 4) is 5.75 Å². The lowest BCUT2D eigenvalue weighted by Crippen LogP contribution is -2.50. The summed E-state index contributed by atoms with van der Waals surface area (Å²) in [6.45, 7) is 20.3. The normalized spacial score (nSPS) is 15.6. The maximum atomic E-state index is 15.1. The van der Waals surface area contributed by atoms with E-state index in [-0.39, 0.29) is 12.5 Å². The molecule has 1 aromatic heterocycles. The average Bonchev–Trinajstić information content (AvgIpc) is 3.37. The number of hydrazone groups is 1. The molecule has 1 fully saturated rings. The molecule has 3 N–H and O–H groups in total. The highest BCUT2D eigenvalue weighted by Crippen LogP contribution is 2.27. The second-order valence-corrected chi connectivity index (χ2v) is 10.2. The van der Waals surface area contributed by atoms with Crippen LogP contribution in [0.5, 0.6) is 5.75 Å². The zero-order valence-corrected chi connectivity index (χ0v) is 25.5. The molecule has 0 saturated carbocycles. The Hall–Kier alpha value is -3.96. The highest BCUT2D eigenvalue weighted by atomic mass is 19.1. The van der Waals surface area contributed by atoms with E-state index >= 15 is 4.39 Å². The number of benzene rings is 1. The van der Waals surface area contributed by atoms with E-state index < -0.39 is 5.82 Å². The van der Waals surface area contributed by atoms with Gasteiger partial charge in [0.05, 0.1) is 5.70 Å². The quantitative estimate of drug-likeness (QED) is 0.120. The van der Waals surface area contributed by atoms with Crippen molar-refractivity contribution in [1.82, 2.24) is 30.4 Å². The van der Waals surface area contributed by atoms with E-state index in [2.05, 4.69) is 67.9 Å². The summed E-state index contributed by atoms with van der Waals surface area (Å²) in [5.41, 5.74) is 5.29. The molecule has 0 aliphatic carbocycles. The monoisotopic (exact) mass is 579 g/mol. The molecule has 0 bridgehead atoms. The van der Waals surface area contributed by atoms with E-state index in [0.29, 0.717) is 23.6 Å². The van der Waals surface area contributed by atoms with Gasteiger partial charge in [0, 0.05) is 75.2 Å². The Labute approximate surface area is 249 Å². The van der Waals surface area contributed by atoms with Crippen LogP contribution >= 0.6 is 0 Å². The van der Waals surface area contributed by atoms with Crippen molar-refractivity contribution in [2.24, 2.45) is 15.1 Å². The van der Waals surface area contributed by atoms with Crippen LogP contribution in [0.25, 0.3) is 10.9 Å². The van der Waals surface area contributed by atoms with Gasteiger partial charge in [-0.1, -0.05) is 13.0 Å². The minimum absolute atomic E-state index is 0.0373. The summed E-state index contributed by atoms with van der Waals surface area (Å²) in [7, 11) is 2.17. The number of aryl methyl sites for hydroxylation is 1. The largest absolute Gasteiger partial charge is 0.468 e. The molecule has 3 rings (SSSR count). The number of hydrogen-bond acceptors (Lipinski definition) is 8. The Morgan fingerprint density at radius 3 is 2.69 bits per heavy atom. The number of aromatic nitrogens is 1. The van der Waals surface area contributed by atoms with Crippen LogP contribution < -0.4 is 15.5 Å². The van der Waals surface area contributed by atoms with Gasteiger partial charge in [-0.05, 0) is 70.9 Å². The van der Waals surface area contributed by atoms with Gasteiger partial charge in [-0.3, -0.25) is 10.3 Å². The molecule has 228 valence electrons. The van der Waals surface area contributed by atoms with Crippen molar-refractivity contribution in [2.75, 3.05) is 66.1 Å². The number of allylic oxidation sites excluding steroid dienone is 2. The van der Waals surface area contributed by atoms with Gasteiger partial charge in [0.15, 0.2) is 18.3 Å². The van der Waals surface area contributed by atoms with Crippen LogP contribution in [0.1, 0.15) is 26.0 Å². The smallest absolute Gasteiger partial charge is 0.181 e. The lowest BCUT2D eigenvalue weighted by atomic mass is 10.2. The molecule has 0 amide bonds. The molecule has 0 atom stereocenters. The average molecular weight is 580 g/mol. The highest BCUT2D eigenvalue weighted by molar-refractivity contribution is 5.93. The van der Waals surface area contributed by atoms with E-state index in [0.717, 1.165) is 69.1 Å². The summed E-state index contributed by atoms with van der Waals surface area (Å²) in [4.78, 5) is 19.1. The molecule has 1 aliphatic heterocycles. The van der Waals surface area contributed by atoms with Crippen LogP contribution in [-0.2, 0) is 0 Å². The van der Waals surface area contributed by atoms with Crippen molar-refractivity contribution < 1.29 is 9.13 Å². The Bertz CT molecular complexity index is 1290. The first kappa shape index (κ1) is 32.6. The van der Waals surface area contributed by atoms with Crippen molar-refractivity contribution in [2.45, 2.75) is 27.2 Å². The Morgan fingerprint density at radius 1 is 1.21 bits per heavy atom. The van der Waals surface area contributed by atoms with Gasteiger partial charge >= 0.3 is 0 Å². The van der Waals surface area contributed by atoms with Crippen molar-refractivity contribution in [3.05, 3.63) is 65.5 Å². The van der Waals surface area contributed by atoms with E-state index in [1.807, 2.05) is 44.2 Å². The number of halogens is 1. The number of fused-ring (bicyclic) bond motifs is 1. The summed E-state index contributed by atoms with van der Waals surface area (Å²) in [6, 6.07) is 5.23. The first-order chi connectivity index (χ1) is 20.4. The van der Waals surface area contributed by atoms with Crippen LogP contribution in [0.4, 0.5) is 4.39 Å². The lowest BCUT2D eigenvalue weighted by molar-refractivity contribution is 0.163. The first-order valence-corrected chi connectivity index (χ1v) is 14.5. The van der Waals surface area contributed by atoms with E-state index in [1.165, 1.54) is 0 Å². The van der Waals surface area contributed by atoms with Crippen molar-refractivity contribution >= 4 is 30.2 Å². The molecular weight excluding hydrogens is 533 g/mol. The van der Waals surface area contributed by atoms with Crippen LogP contribution in [0.2, 0.25) is 0 Å². The van der Waals surface area contributed by atoms with Gasteiger partial charge in [-0.15, -0.1) is 0 Å². The Balaban J connectivity index is 1.74. The number of nitrogens with one attached hydrogen (secondary N) is 3. The van der Waals surface area contributed by atoms with E-state index in [9.17, 15) is 0 Å². The zero-order chi connectivity index (χ0) is 30.3. The first-order valence-electron chi connectivity index (χ1n) is 14.5. The van der Waals surface area contributed by atoms with Crippen LogP contribution in [0.15, 0.2) is 69.1 Å². The predicted octanol–water partition coefficient (Wildman–Crippen LogP) is 4.11. The standard InChI is InChI=1S/C31H46FN9O/c1-7-9-25(38-34-5)12-13-35-29(33-4)22-30(41-19-17-40(18-20-41)16-15-39(6)14-8-2)36-23-42-28-11-10-27-26(31(28)32)21-24(3)37-27/h7,9-12,21-22,35,37-38H,4-5,8,13-20,23H2,1-3,6H3/b9-7+,25-12-,29-22+,36-30+. The molecule has 0 radical (unpaired) electrons. The molecule has 10 nitrogen and oxygen atoms in total. The number of piperazine rings is 1. The third-order valence-corrected chi connectivity index (χ3v) is 6.98. The molecule has 2 aromatic rings. The third kappa shape index (κ3) is 9.85. The number of H-pyrrole nitrogens is 1. The topological polar surface area (TPSA) is 95.9 Å². The predicted molar refractivity (Wildman–Crippen MR) is 173 cm³/mol. The fraction of sp³-hybridized carbons (Fsp3) is 0.452. The molecular formula is C31H46FN9O. The fourth-order valence-electron chi connectivity index (χ4n) is 4.77. The van der Waals surface area contributed by atoms with E-state index in [1.54, 1.807) is 12.1 Å². The maximum absolute atomic E-state index is 15.1. The van der Waals surface area contributed by atoms with Crippen LogP contribution in [0.3, 0.4) is 0 Å². The summed E-state index contributed by atoms with van der Waals surface area (Å²) < 4.78 is 20.9. The molecule has 0 unspecified atom stereocenters. The Kier molecular flexibility index (Phi) is 13.3. The fourth-order valence-corrected chi connectivity index (χ4v) is 4.77. The van der Waals surface area contributed by atoms with Crippen LogP contribution in [0, 0.1) is 12.7 Å². The second-order valence-electron chi connectivity index (χ2n) is 10.2. The lowest BCUT2D eigenvalue weighted by Gasteiger charge is -2.36. The minimum atomic E-state index is -0.396. The van der Waals surface area contributed by atoms with Gasteiger partial charge in [-0.25, -0.2) is 14.4 Å². The number of amidine groups is 1. The number of nitrogens with zero attached hydrogens (tertiary/aromatic N) is 6. The molecule has 1 saturated heterocycles. The Morgan fingerprint density at radius 2 is 2.00 bits per heavy atom. The molecule has 1 aromatic carbocycles. The third-order valence-electron chi connectivity index (χ3n) is 6.98. The second kappa shape index (κ2) is 17.1. The highest BCUT2D eigenvalue weighted by Gasteiger charge is 2.20. The van der Waals surface area contributed by atoms with Gasteiger partial charge in [0.25, 0.3) is 0 Å². The van der Waals surface area contributed by atoms with Crippen molar-refractivity contribution in [3.63, 3.8) is 0 Å². The number of aliphatic imine (C=N–C) groups is 2. The van der Waals surface area contributed by atoms with Gasteiger partial charge in [0.1, 0.15) is 11.7 Å². The number of hydrogen-bond donors (Lipinski definition) is 3. The molecule has 1 aliphatic rings. The zero-order valence-electron chi connectivity index (χ0n) is 25.5. The number of ether oxygens (including phenoxy) is 1. The molecule has 2 heterocycles. The van der Waals surface area contributed by atoms with Crippen molar-refractivity contribution in [1.29, 1.82) is 0 Å². The van der Waals surface area contributed by atoms with E-state index in [4.69, 9.17) is 9.73 Å².